The molecule has 0 aromatic heterocycles. The zero-order chi connectivity index (χ0) is 20.8. The van der Waals surface area contributed by atoms with Gasteiger partial charge in [0.2, 0.25) is 5.91 Å². The molecule has 0 atom stereocenters. The van der Waals surface area contributed by atoms with E-state index in [1.807, 2.05) is 45.5 Å². The van der Waals surface area contributed by atoms with Gasteiger partial charge in [-0.05, 0) is 54.4 Å². The molecular formula is C23H32N2O3S2. The SMILES string of the molecule is O=C(COc1ccc(C2SCCCS2)cc1)N1CCN(C(=O)CC2CCCC2)CC1. The largest absolute Gasteiger partial charge is 0.484 e. The van der Waals surface area contributed by atoms with Crippen LogP contribution in [0.5, 0.6) is 5.75 Å². The quantitative estimate of drug-likeness (QED) is 0.653. The van der Waals surface area contributed by atoms with Gasteiger partial charge in [0.1, 0.15) is 5.75 Å². The predicted octanol–water partition coefficient (Wildman–Crippen LogP) is 4.19. The van der Waals surface area contributed by atoms with Crippen LogP contribution in [0.2, 0.25) is 0 Å². The molecule has 164 valence electrons. The first-order valence-electron chi connectivity index (χ1n) is 11.2. The molecule has 1 aliphatic carbocycles. The second kappa shape index (κ2) is 10.8. The van der Waals surface area contributed by atoms with E-state index in [0.717, 1.165) is 5.75 Å². The third kappa shape index (κ3) is 5.88. The van der Waals surface area contributed by atoms with Crippen molar-refractivity contribution in [3.8, 4) is 5.75 Å². The van der Waals surface area contributed by atoms with Crippen molar-refractivity contribution in [3.05, 3.63) is 29.8 Å². The Balaban J connectivity index is 1.18. The van der Waals surface area contributed by atoms with Gasteiger partial charge < -0.3 is 14.5 Å². The third-order valence-electron chi connectivity index (χ3n) is 6.26. The Hall–Kier alpha value is -1.34. The summed E-state index contributed by atoms with van der Waals surface area (Å²) in [5.74, 6) is 4.03. The van der Waals surface area contributed by atoms with Crippen molar-refractivity contribution in [1.82, 2.24) is 9.80 Å². The standard InChI is InChI=1S/C23H32N2O3S2/c26-21(16-18-4-1-2-5-18)24-10-12-25(13-11-24)22(27)17-28-20-8-6-19(7-9-20)23-29-14-3-15-30-23/h6-9,18,23H,1-5,10-17H2. The third-order valence-corrected chi connectivity index (χ3v) is 9.28. The second-order valence-electron chi connectivity index (χ2n) is 8.40. The summed E-state index contributed by atoms with van der Waals surface area (Å²) in [5.41, 5.74) is 1.32. The predicted molar refractivity (Wildman–Crippen MR) is 124 cm³/mol. The number of ether oxygens (including phenoxy) is 1. The van der Waals surface area contributed by atoms with Crippen LogP contribution in [0.25, 0.3) is 0 Å². The summed E-state index contributed by atoms with van der Waals surface area (Å²) < 4.78 is 6.26. The maximum Gasteiger partial charge on any atom is 0.260 e. The summed E-state index contributed by atoms with van der Waals surface area (Å²) in [4.78, 5) is 28.8. The summed E-state index contributed by atoms with van der Waals surface area (Å²) in [6, 6.07) is 8.17. The number of amides is 2. The molecule has 1 aromatic rings. The molecule has 0 bridgehead atoms. The molecule has 3 fully saturated rings. The van der Waals surface area contributed by atoms with E-state index in [1.54, 1.807) is 0 Å². The lowest BCUT2D eigenvalue weighted by molar-refractivity contribution is -0.141. The van der Waals surface area contributed by atoms with Crippen molar-refractivity contribution in [2.24, 2.45) is 5.92 Å². The van der Waals surface area contributed by atoms with Crippen molar-refractivity contribution in [3.63, 3.8) is 0 Å². The molecule has 0 N–H and O–H groups in total. The summed E-state index contributed by atoms with van der Waals surface area (Å²) in [6.45, 7) is 2.55. The number of rotatable bonds is 6. The fraction of sp³-hybridized carbons (Fsp3) is 0.652. The van der Waals surface area contributed by atoms with Gasteiger partial charge >= 0.3 is 0 Å². The first-order chi connectivity index (χ1) is 14.7. The Morgan fingerprint density at radius 2 is 1.47 bits per heavy atom. The molecule has 0 radical (unpaired) electrons. The van der Waals surface area contributed by atoms with E-state index in [-0.39, 0.29) is 18.4 Å². The van der Waals surface area contributed by atoms with Crippen molar-refractivity contribution in [2.75, 3.05) is 44.3 Å². The molecular weight excluding hydrogens is 416 g/mol. The molecule has 4 rings (SSSR count). The van der Waals surface area contributed by atoms with E-state index in [2.05, 4.69) is 12.1 Å². The molecule has 1 saturated carbocycles. The Morgan fingerprint density at radius 3 is 2.10 bits per heavy atom. The van der Waals surface area contributed by atoms with Gasteiger partial charge in [0.05, 0.1) is 4.58 Å². The van der Waals surface area contributed by atoms with Crippen LogP contribution in [0, 0.1) is 5.92 Å². The minimum atomic E-state index is 0.000333. The fourth-order valence-electron chi connectivity index (χ4n) is 4.43. The fourth-order valence-corrected chi connectivity index (χ4v) is 7.33. The Bertz CT molecular complexity index is 708. The van der Waals surface area contributed by atoms with Crippen LogP contribution in [-0.2, 0) is 9.59 Å². The van der Waals surface area contributed by atoms with E-state index < -0.39 is 0 Å². The molecule has 2 saturated heterocycles. The maximum atomic E-state index is 12.5. The summed E-state index contributed by atoms with van der Waals surface area (Å²) in [7, 11) is 0. The highest BCUT2D eigenvalue weighted by atomic mass is 32.2. The number of carbonyl (C=O) groups is 2. The molecule has 0 spiro atoms. The number of hydrogen-bond donors (Lipinski definition) is 0. The highest BCUT2D eigenvalue weighted by Gasteiger charge is 2.27. The van der Waals surface area contributed by atoms with Crippen LogP contribution in [0.4, 0.5) is 0 Å². The first-order valence-corrected chi connectivity index (χ1v) is 13.3. The average molecular weight is 449 g/mol. The summed E-state index contributed by atoms with van der Waals surface area (Å²) >= 11 is 4.01. The van der Waals surface area contributed by atoms with Crippen LogP contribution < -0.4 is 4.74 Å². The molecule has 5 nitrogen and oxygen atoms in total. The van der Waals surface area contributed by atoms with Crippen LogP contribution >= 0.6 is 23.5 Å². The normalized spacial score (nSPS) is 21.1. The lowest BCUT2D eigenvalue weighted by Gasteiger charge is -2.35. The van der Waals surface area contributed by atoms with Crippen molar-refractivity contribution < 1.29 is 14.3 Å². The van der Waals surface area contributed by atoms with E-state index in [9.17, 15) is 9.59 Å². The Kier molecular flexibility index (Phi) is 7.88. The van der Waals surface area contributed by atoms with Gasteiger partial charge in [-0.1, -0.05) is 25.0 Å². The molecule has 2 aliphatic heterocycles. The monoisotopic (exact) mass is 448 g/mol. The minimum Gasteiger partial charge on any atom is -0.484 e. The number of carbonyl (C=O) groups excluding carboxylic acids is 2. The highest BCUT2D eigenvalue weighted by Crippen LogP contribution is 2.43. The molecule has 2 heterocycles. The topological polar surface area (TPSA) is 49.9 Å². The Labute approximate surface area is 188 Å². The smallest absolute Gasteiger partial charge is 0.260 e. The molecule has 2 amide bonds. The number of thioether (sulfide) groups is 2. The van der Waals surface area contributed by atoms with Crippen molar-refractivity contribution in [1.29, 1.82) is 0 Å². The van der Waals surface area contributed by atoms with Crippen LogP contribution in [0.1, 0.15) is 48.7 Å². The summed E-state index contributed by atoms with van der Waals surface area (Å²) in [6.07, 6.45) is 6.90. The van der Waals surface area contributed by atoms with Gasteiger partial charge in [-0.2, -0.15) is 0 Å². The lowest BCUT2D eigenvalue weighted by Crippen LogP contribution is -2.51. The van der Waals surface area contributed by atoms with E-state index in [4.69, 9.17) is 4.74 Å². The van der Waals surface area contributed by atoms with Crippen LogP contribution in [-0.4, -0.2) is 65.9 Å². The zero-order valence-electron chi connectivity index (χ0n) is 17.6. The van der Waals surface area contributed by atoms with Crippen molar-refractivity contribution in [2.45, 2.75) is 43.1 Å². The molecule has 3 aliphatic rings. The Morgan fingerprint density at radius 1 is 0.867 bits per heavy atom. The van der Waals surface area contributed by atoms with Gasteiger partial charge in [-0.3, -0.25) is 9.59 Å². The highest BCUT2D eigenvalue weighted by molar-refractivity contribution is 8.16. The van der Waals surface area contributed by atoms with Crippen LogP contribution in [0.15, 0.2) is 24.3 Å². The number of benzene rings is 1. The zero-order valence-corrected chi connectivity index (χ0v) is 19.2. The van der Waals surface area contributed by atoms with Gasteiger partial charge in [-0.25, -0.2) is 0 Å². The molecule has 30 heavy (non-hydrogen) atoms. The van der Waals surface area contributed by atoms with E-state index >= 15 is 0 Å². The molecule has 7 heteroatoms. The maximum absolute atomic E-state index is 12.5. The second-order valence-corrected chi connectivity index (χ2v) is 11.1. The molecule has 1 aromatic carbocycles. The lowest BCUT2D eigenvalue weighted by atomic mass is 10.0. The number of nitrogens with zero attached hydrogens (tertiary/aromatic N) is 2. The van der Waals surface area contributed by atoms with Gasteiger partial charge in [0.15, 0.2) is 6.61 Å². The summed E-state index contributed by atoms with van der Waals surface area (Å²) in [5, 5.41) is 0. The van der Waals surface area contributed by atoms with E-state index in [1.165, 1.54) is 49.2 Å². The van der Waals surface area contributed by atoms with Gasteiger partial charge in [-0.15, -0.1) is 23.5 Å². The van der Waals surface area contributed by atoms with Gasteiger partial charge in [0, 0.05) is 32.6 Å². The number of piperazine rings is 1. The minimum absolute atomic E-state index is 0.000333. The van der Waals surface area contributed by atoms with E-state index in [0.29, 0.717) is 43.1 Å². The molecule has 0 unspecified atom stereocenters. The average Bonchev–Trinajstić information content (AvgIpc) is 3.31. The first kappa shape index (κ1) is 21.9. The van der Waals surface area contributed by atoms with Crippen molar-refractivity contribution >= 4 is 35.3 Å². The number of hydrogen-bond acceptors (Lipinski definition) is 5. The van der Waals surface area contributed by atoms with Crippen LogP contribution in [0.3, 0.4) is 0 Å². The van der Waals surface area contributed by atoms with Gasteiger partial charge in [0.25, 0.3) is 5.91 Å².